The summed E-state index contributed by atoms with van der Waals surface area (Å²) in [5.74, 6) is 1.33. The van der Waals surface area contributed by atoms with Gasteiger partial charge in [-0.1, -0.05) is 11.8 Å². The Hall–Kier alpha value is -1.63. The number of fused-ring (bicyclic) bond motifs is 1. The van der Waals surface area contributed by atoms with Crippen molar-refractivity contribution in [1.82, 2.24) is 24.5 Å². The van der Waals surface area contributed by atoms with Crippen molar-refractivity contribution in [3.8, 4) is 0 Å². The summed E-state index contributed by atoms with van der Waals surface area (Å²) >= 11 is 1.40. The molecule has 0 atom stereocenters. The lowest BCUT2D eigenvalue weighted by Crippen LogP contribution is -2.31. The number of hydrogen-bond acceptors (Lipinski definition) is 5. The fourth-order valence-electron chi connectivity index (χ4n) is 2.09. The number of thioether (sulfide) groups is 1. The highest BCUT2D eigenvalue weighted by atomic mass is 32.2. The molecule has 0 fully saturated rings. The zero-order valence-electron chi connectivity index (χ0n) is 12.3. The fourth-order valence-corrected chi connectivity index (χ4v) is 2.98. The van der Waals surface area contributed by atoms with E-state index in [-0.39, 0.29) is 5.91 Å². The Labute approximate surface area is 122 Å². The number of amides is 1. The maximum Gasteiger partial charge on any atom is 0.233 e. The molecule has 0 aliphatic rings. The van der Waals surface area contributed by atoms with Crippen molar-refractivity contribution in [2.75, 3.05) is 18.8 Å². The van der Waals surface area contributed by atoms with Crippen LogP contribution in [0, 0.1) is 13.8 Å². The molecular formula is C13H19N5OS. The molecule has 2 heterocycles. The van der Waals surface area contributed by atoms with Gasteiger partial charge < -0.3 is 4.90 Å². The number of aromatic nitrogens is 4. The second-order valence-electron chi connectivity index (χ2n) is 4.48. The molecule has 1 amide bonds. The zero-order chi connectivity index (χ0) is 14.7. The van der Waals surface area contributed by atoms with Crippen molar-refractivity contribution in [3.05, 3.63) is 17.6 Å². The van der Waals surface area contributed by atoms with E-state index in [0.29, 0.717) is 10.9 Å². The molecule has 0 radical (unpaired) electrons. The van der Waals surface area contributed by atoms with Crippen molar-refractivity contribution >= 4 is 23.3 Å². The topological polar surface area (TPSA) is 63.4 Å². The summed E-state index contributed by atoms with van der Waals surface area (Å²) in [5, 5.41) is 8.99. The van der Waals surface area contributed by atoms with Gasteiger partial charge in [-0.15, -0.1) is 10.2 Å². The first kappa shape index (κ1) is 14.8. The maximum absolute atomic E-state index is 12.0. The first-order valence-corrected chi connectivity index (χ1v) is 7.65. The molecule has 0 unspecified atom stereocenters. The molecule has 20 heavy (non-hydrogen) atoms. The maximum atomic E-state index is 12.0. The lowest BCUT2D eigenvalue weighted by atomic mass is 10.4. The number of hydrogen-bond donors (Lipinski definition) is 0. The van der Waals surface area contributed by atoms with Crippen LogP contribution in [0.2, 0.25) is 0 Å². The normalized spacial score (nSPS) is 11.0. The highest BCUT2D eigenvalue weighted by Crippen LogP contribution is 2.19. The molecule has 0 saturated carbocycles. The number of aryl methyl sites for hydroxylation is 2. The second-order valence-corrected chi connectivity index (χ2v) is 5.42. The number of rotatable bonds is 5. The predicted molar refractivity (Wildman–Crippen MR) is 78.9 cm³/mol. The van der Waals surface area contributed by atoms with Crippen molar-refractivity contribution in [1.29, 1.82) is 0 Å². The van der Waals surface area contributed by atoms with Gasteiger partial charge in [0, 0.05) is 24.8 Å². The van der Waals surface area contributed by atoms with Crippen LogP contribution in [0.4, 0.5) is 0 Å². The lowest BCUT2D eigenvalue weighted by molar-refractivity contribution is -0.127. The molecule has 0 aliphatic carbocycles. The summed E-state index contributed by atoms with van der Waals surface area (Å²) in [4.78, 5) is 18.2. The SMILES string of the molecule is CCN(CC)C(=O)CSc1nnc2cc(C)nc(C)n12. The van der Waals surface area contributed by atoms with E-state index in [9.17, 15) is 4.79 Å². The summed E-state index contributed by atoms with van der Waals surface area (Å²) in [5.41, 5.74) is 1.69. The van der Waals surface area contributed by atoms with E-state index in [4.69, 9.17) is 0 Å². The minimum absolute atomic E-state index is 0.120. The molecule has 7 heteroatoms. The summed E-state index contributed by atoms with van der Waals surface area (Å²) in [6, 6.07) is 1.89. The van der Waals surface area contributed by atoms with Crippen molar-refractivity contribution in [2.45, 2.75) is 32.9 Å². The second kappa shape index (κ2) is 6.21. The Morgan fingerprint density at radius 1 is 1.30 bits per heavy atom. The molecule has 0 saturated heterocycles. The van der Waals surface area contributed by atoms with Gasteiger partial charge in [-0.25, -0.2) is 4.98 Å². The van der Waals surface area contributed by atoms with Gasteiger partial charge in [-0.05, 0) is 27.7 Å². The third kappa shape index (κ3) is 2.92. The number of carbonyl (C=O) groups excluding carboxylic acids is 1. The van der Waals surface area contributed by atoms with Crippen molar-refractivity contribution in [2.24, 2.45) is 0 Å². The highest BCUT2D eigenvalue weighted by molar-refractivity contribution is 7.99. The monoisotopic (exact) mass is 293 g/mol. The molecule has 0 aliphatic heterocycles. The smallest absolute Gasteiger partial charge is 0.233 e. The van der Waals surface area contributed by atoms with Gasteiger partial charge in [0.1, 0.15) is 5.82 Å². The van der Waals surface area contributed by atoms with E-state index in [1.54, 1.807) is 0 Å². The van der Waals surface area contributed by atoms with Crippen LogP contribution in [0.3, 0.4) is 0 Å². The summed E-state index contributed by atoms with van der Waals surface area (Å²) in [7, 11) is 0. The Balaban J connectivity index is 2.17. The molecule has 0 aromatic carbocycles. The quantitative estimate of drug-likeness (QED) is 0.785. The standard InChI is InChI=1S/C13H19N5OS/c1-5-17(6-2)12(19)8-20-13-16-15-11-7-9(3)14-10(4)18(11)13/h7H,5-6,8H2,1-4H3. The minimum atomic E-state index is 0.120. The Kier molecular flexibility index (Phi) is 4.59. The van der Waals surface area contributed by atoms with Crippen LogP contribution in [0.25, 0.3) is 5.65 Å². The molecule has 108 valence electrons. The molecule has 0 spiro atoms. The van der Waals surface area contributed by atoms with E-state index in [1.165, 1.54) is 11.8 Å². The molecule has 0 bridgehead atoms. The molecule has 0 N–H and O–H groups in total. The van der Waals surface area contributed by atoms with Gasteiger partial charge in [-0.2, -0.15) is 0 Å². The van der Waals surface area contributed by atoms with Crippen LogP contribution in [0.1, 0.15) is 25.4 Å². The van der Waals surface area contributed by atoms with E-state index in [0.717, 1.165) is 30.3 Å². The summed E-state index contributed by atoms with van der Waals surface area (Å²) in [6.45, 7) is 9.27. The third-order valence-electron chi connectivity index (χ3n) is 3.10. The van der Waals surface area contributed by atoms with Gasteiger partial charge in [0.15, 0.2) is 10.8 Å². The summed E-state index contributed by atoms with van der Waals surface area (Å²) in [6.07, 6.45) is 0. The van der Waals surface area contributed by atoms with Crippen LogP contribution in [-0.2, 0) is 4.79 Å². The van der Waals surface area contributed by atoms with E-state index < -0.39 is 0 Å². The zero-order valence-corrected chi connectivity index (χ0v) is 13.1. The molecule has 2 aromatic rings. The van der Waals surface area contributed by atoms with Crippen LogP contribution in [0.5, 0.6) is 0 Å². The third-order valence-corrected chi connectivity index (χ3v) is 4.01. The van der Waals surface area contributed by atoms with Gasteiger partial charge in [0.2, 0.25) is 5.91 Å². The average molecular weight is 293 g/mol. The number of nitrogens with zero attached hydrogens (tertiary/aromatic N) is 5. The highest BCUT2D eigenvalue weighted by Gasteiger charge is 2.14. The first-order valence-electron chi connectivity index (χ1n) is 6.66. The molecule has 6 nitrogen and oxygen atoms in total. The molecular weight excluding hydrogens is 274 g/mol. The van der Waals surface area contributed by atoms with Crippen LogP contribution < -0.4 is 0 Å². The Morgan fingerprint density at radius 3 is 2.65 bits per heavy atom. The van der Waals surface area contributed by atoms with Gasteiger partial charge in [-0.3, -0.25) is 9.20 Å². The molecule has 2 rings (SSSR count). The average Bonchev–Trinajstić information content (AvgIpc) is 2.81. The van der Waals surface area contributed by atoms with E-state index >= 15 is 0 Å². The first-order chi connectivity index (χ1) is 9.56. The van der Waals surface area contributed by atoms with Gasteiger partial charge in [0.05, 0.1) is 5.75 Å². The van der Waals surface area contributed by atoms with E-state index in [1.807, 2.05) is 43.1 Å². The van der Waals surface area contributed by atoms with Crippen LogP contribution in [0.15, 0.2) is 11.2 Å². The number of carbonyl (C=O) groups is 1. The minimum Gasteiger partial charge on any atom is -0.343 e. The van der Waals surface area contributed by atoms with Gasteiger partial charge >= 0.3 is 0 Å². The van der Waals surface area contributed by atoms with Crippen LogP contribution >= 0.6 is 11.8 Å². The van der Waals surface area contributed by atoms with Gasteiger partial charge in [0.25, 0.3) is 0 Å². The lowest BCUT2D eigenvalue weighted by Gasteiger charge is -2.17. The van der Waals surface area contributed by atoms with Crippen molar-refractivity contribution in [3.63, 3.8) is 0 Å². The molecule has 2 aromatic heterocycles. The van der Waals surface area contributed by atoms with E-state index in [2.05, 4.69) is 15.2 Å². The summed E-state index contributed by atoms with van der Waals surface area (Å²) < 4.78 is 1.88. The largest absolute Gasteiger partial charge is 0.343 e. The predicted octanol–water partition coefficient (Wildman–Crippen LogP) is 1.70. The van der Waals surface area contributed by atoms with Crippen molar-refractivity contribution < 1.29 is 4.79 Å². The van der Waals surface area contributed by atoms with Crippen LogP contribution in [-0.4, -0.2) is 49.2 Å². The Bertz CT molecular complexity index is 620. The fraction of sp³-hybridized carbons (Fsp3) is 0.538. The Morgan fingerprint density at radius 2 is 2.00 bits per heavy atom.